The van der Waals surface area contributed by atoms with Gasteiger partial charge in [-0.2, -0.15) is 4.31 Å². The Morgan fingerprint density at radius 2 is 2.14 bits per heavy atom. The van der Waals surface area contributed by atoms with Crippen molar-refractivity contribution >= 4 is 21.6 Å². The smallest absolute Gasteiger partial charge is 0.244 e. The number of hydrogen-bond donors (Lipinski definition) is 0. The van der Waals surface area contributed by atoms with E-state index in [1.54, 1.807) is 6.20 Å². The molecule has 21 heavy (non-hydrogen) atoms. The van der Waals surface area contributed by atoms with Crippen LogP contribution in [-0.2, 0) is 23.0 Å². The van der Waals surface area contributed by atoms with Crippen molar-refractivity contribution in [2.75, 3.05) is 6.54 Å². The highest BCUT2D eigenvalue weighted by Crippen LogP contribution is 2.28. The lowest BCUT2D eigenvalue weighted by molar-refractivity contribution is 0.384. The second-order valence-electron chi connectivity index (χ2n) is 4.66. The van der Waals surface area contributed by atoms with Crippen LogP contribution in [0, 0.1) is 5.82 Å². The molecule has 0 N–H and O–H groups in total. The summed E-state index contributed by atoms with van der Waals surface area (Å²) in [6, 6.07) is 3.26. The van der Waals surface area contributed by atoms with Gasteiger partial charge in [0.05, 0.1) is 17.3 Å². The van der Waals surface area contributed by atoms with Gasteiger partial charge in [0.2, 0.25) is 10.0 Å². The maximum absolute atomic E-state index is 13.1. The van der Waals surface area contributed by atoms with Gasteiger partial charge in [-0.25, -0.2) is 22.8 Å². The Balaban J connectivity index is 1.97. The molecule has 0 atom stereocenters. The molecule has 8 heteroatoms. The molecule has 1 aliphatic rings. The molecular formula is C13H11ClFN3O2S. The Morgan fingerprint density at radius 3 is 2.90 bits per heavy atom. The molecule has 0 aliphatic carbocycles. The fourth-order valence-corrected chi connectivity index (χ4v) is 4.16. The molecule has 2 heterocycles. The van der Waals surface area contributed by atoms with Gasteiger partial charge in [0.15, 0.2) is 0 Å². The zero-order valence-corrected chi connectivity index (χ0v) is 12.4. The topological polar surface area (TPSA) is 63.2 Å². The molecule has 0 unspecified atom stereocenters. The Labute approximate surface area is 126 Å². The lowest BCUT2D eigenvalue weighted by atomic mass is 10.1. The minimum Gasteiger partial charge on any atom is -0.245 e. The number of benzene rings is 1. The molecule has 0 saturated heterocycles. The van der Waals surface area contributed by atoms with Gasteiger partial charge >= 0.3 is 0 Å². The van der Waals surface area contributed by atoms with Crippen LogP contribution < -0.4 is 0 Å². The number of sulfonamides is 1. The number of aromatic nitrogens is 2. The Morgan fingerprint density at radius 1 is 1.33 bits per heavy atom. The summed E-state index contributed by atoms with van der Waals surface area (Å²) in [6.45, 7) is 0.476. The number of rotatable bonds is 2. The van der Waals surface area contributed by atoms with E-state index in [4.69, 9.17) is 11.6 Å². The van der Waals surface area contributed by atoms with Crippen molar-refractivity contribution in [1.29, 1.82) is 0 Å². The van der Waals surface area contributed by atoms with E-state index in [0.717, 1.165) is 17.7 Å². The summed E-state index contributed by atoms with van der Waals surface area (Å²) < 4.78 is 39.6. The van der Waals surface area contributed by atoms with Crippen LogP contribution in [0.4, 0.5) is 4.39 Å². The summed E-state index contributed by atoms with van der Waals surface area (Å²) >= 11 is 5.86. The van der Waals surface area contributed by atoms with Crippen molar-refractivity contribution in [3.05, 3.63) is 52.8 Å². The SMILES string of the molecule is O=S(=O)(c1ccc(F)cc1Cl)N1CCc2cncnc2C1. The maximum atomic E-state index is 13.1. The number of fused-ring (bicyclic) bond motifs is 1. The van der Waals surface area contributed by atoms with Crippen molar-refractivity contribution in [3.8, 4) is 0 Å². The van der Waals surface area contributed by atoms with E-state index in [1.807, 2.05) is 0 Å². The minimum absolute atomic E-state index is 0.0944. The zero-order valence-electron chi connectivity index (χ0n) is 10.8. The molecule has 0 amide bonds. The normalized spacial score (nSPS) is 15.7. The van der Waals surface area contributed by atoms with E-state index in [1.165, 1.54) is 16.7 Å². The molecule has 0 saturated carbocycles. The molecule has 1 aromatic heterocycles. The van der Waals surface area contributed by atoms with Gasteiger partial charge in [-0.1, -0.05) is 11.6 Å². The van der Waals surface area contributed by atoms with Gasteiger partial charge in [-0.05, 0) is 30.2 Å². The highest BCUT2D eigenvalue weighted by Gasteiger charge is 2.30. The zero-order chi connectivity index (χ0) is 15.0. The quantitative estimate of drug-likeness (QED) is 0.846. The second kappa shape index (κ2) is 5.32. The molecule has 0 spiro atoms. The minimum atomic E-state index is -3.78. The van der Waals surface area contributed by atoms with Crippen molar-refractivity contribution in [1.82, 2.24) is 14.3 Å². The standard InChI is InChI=1S/C13H11ClFN3O2S/c14-11-5-10(15)1-2-13(11)21(19,20)18-4-3-9-6-16-8-17-12(9)7-18/h1-2,5-6,8H,3-4,7H2. The van der Waals surface area contributed by atoms with Crippen molar-refractivity contribution in [3.63, 3.8) is 0 Å². The van der Waals surface area contributed by atoms with Crippen LogP contribution in [0.1, 0.15) is 11.3 Å². The van der Waals surface area contributed by atoms with Crippen molar-refractivity contribution in [2.45, 2.75) is 17.9 Å². The molecular weight excluding hydrogens is 317 g/mol. The molecule has 0 fully saturated rings. The third-order valence-corrected chi connectivity index (χ3v) is 5.68. The van der Waals surface area contributed by atoms with Crippen LogP contribution in [0.5, 0.6) is 0 Å². The van der Waals surface area contributed by atoms with Gasteiger partial charge < -0.3 is 0 Å². The predicted octanol–water partition coefficient (Wildman–Crippen LogP) is 2.02. The van der Waals surface area contributed by atoms with Crippen LogP contribution in [0.3, 0.4) is 0 Å². The van der Waals surface area contributed by atoms with Crippen molar-refractivity contribution < 1.29 is 12.8 Å². The number of halogens is 2. The lowest BCUT2D eigenvalue weighted by Gasteiger charge is -2.27. The monoisotopic (exact) mass is 327 g/mol. The summed E-state index contributed by atoms with van der Waals surface area (Å²) in [6.07, 6.45) is 3.62. The summed E-state index contributed by atoms with van der Waals surface area (Å²) in [5.41, 5.74) is 1.62. The summed E-state index contributed by atoms with van der Waals surface area (Å²) in [7, 11) is -3.78. The molecule has 0 radical (unpaired) electrons. The summed E-state index contributed by atoms with van der Waals surface area (Å²) in [4.78, 5) is 7.93. The van der Waals surface area contributed by atoms with Gasteiger partial charge in [0, 0.05) is 12.7 Å². The first-order chi connectivity index (χ1) is 9.98. The highest BCUT2D eigenvalue weighted by atomic mass is 35.5. The highest BCUT2D eigenvalue weighted by molar-refractivity contribution is 7.89. The molecule has 0 bridgehead atoms. The van der Waals surface area contributed by atoms with E-state index in [9.17, 15) is 12.8 Å². The molecule has 2 aromatic rings. The predicted molar refractivity (Wildman–Crippen MR) is 74.7 cm³/mol. The summed E-state index contributed by atoms with van der Waals surface area (Å²) in [5.74, 6) is -0.573. The van der Waals surface area contributed by atoms with Crippen LogP contribution >= 0.6 is 11.6 Å². The van der Waals surface area contributed by atoms with Crippen LogP contribution in [0.2, 0.25) is 5.02 Å². The molecule has 110 valence electrons. The fourth-order valence-electron chi connectivity index (χ4n) is 2.25. The average molecular weight is 328 g/mol. The third kappa shape index (κ3) is 2.64. The number of nitrogens with zero attached hydrogens (tertiary/aromatic N) is 3. The largest absolute Gasteiger partial charge is 0.245 e. The summed E-state index contributed by atoms with van der Waals surface area (Å²) in [5, 5.41) is -0.122. The Kier molecular flexibility index (Phi) is 3.64. The van der Waals surface area contributed by atoms with Crippen molar-refractivity contribution in [2.24, 2.45) is 0 Å². The van der Waals surface area contributed by atoms with Gasteiger partial charge in [0.25, 0.3) is 0 Å². The Hall–Kier alpha value is -1.57. The third-order valence-electron chi connectivity index (χ3n) is 3.35. The molecule has 5 nitrogen and oxygen atoms in total. The van der Waals surface area contributed by atoms with E-state index >= 15 is 0 Å². The van der Waals surface area contributed by atoms with Crippen LogP contribution in [0.25, 0.3) is 0 Å². The maximum Gasteiger partial charge on any atom is 0.244 e. The van der Waals surface area contributed by atoms with Gasteiger partial charge in [-0.3, -0.25) is 0 Å². The molecule has 1 aliphatic heterocycles. The van der Waals surface area contributed by atoms with Crippen LogP contribution in [0.15, 0.2) is 35.6 Å². The van der Waals surface area contributed by atoms with E-state index in [-0.39, 0.29) is 16.5 Å². The fraction of sp³-hybridized carbons (Fsp3) is 0.231. The van der Waals surface area contributed by atoms with E-state index in [0.29, 0.717) is 18.7 Å². The van der Waals surface area contributed by atoms with E-state index in [2.05, 4.69) is 9.97 Å². The average Bonchev–Trinajstić information content (AvgIpc) is 2.46. The second-order valence-corrected chi connectivity index (χ2v) is 6.97. The Bertz CT molecular complexity index is 798. The lowest BCUT2D eigenvalue weighted by Crippen LogP contribution is -2.36. The number of hydrogen-bond acceptors (Lipinski definition) is 4. The van der Waals surface area contributed by atoms with Crippen LogP contribution in [-0.4, -0.2) is 29.2 Å². The van der Waals surface area contributed by atoms with Gasteiger partial charge in [0.1, 0.15) is 17.0 Å². The molecule has 1 aromatic carbocycles. The molecule has 3 rings (SSSR count). The first kappa shape index (κ1) is 14.4. The van der Waals surface area contributed by atoms with E-state index < -0.39 is 15.8 Å². The van der Waals surface area contributed by atoms with Gasteiger partial charge in [-0.15, -0.1) is 0 Å². The first-order valence-corrected chi connectivity index (χ1v) is 8.03. The first-order valence-electron chi connectivity index (χ1n) is 6.21.